The number of nitrogens with one attached hydrogen (secondary N) is 2. The molecule has 0 bridgehead atoms. The molecular weight excluding hydrogens is 437 g/mol. The molecule has 154 valence electrons. The van der Waals surface area contributed by atoms with E-state index in [0.29, 0.717) is 5.41 Å². The number of aliphatic imine (C=N–C) groups is 1. The van der Waals surface area contributed by atoms with E-state index in [1.807, 2.05) is 0 Å². The zero-order chi connectivity index (χ0) is 18.1. The van der Waals surface area contributed by atoms with Crippen LogP contribution in [0.2, 0.25) is 0 Å². The van der Waals surface area contributed by atoms with Crippen LogP contribution in [-0.4, -0.2) is 75.2 Å². The molecule has 1 heterocycles. The van der Waals surface area contributed by atoms with Gasteiger partial charge in [0.1, 0.15) is 0 Å². The molecule has 2 aliphatic rings. The van der Waals surface area contributed by atoms with Crippen molar-refractivity contribution in [2.45, 2.75) is 52.9 Å². The topological polar surface area (TPSA) is 42.9 Å². The third-order valence-corrected chi connectivity index (χ3v) is 5.70. The second-order valence-electron chi connectivity index (χ2n) is 8.57. The summed E-state index contributed by atoms with van der Waals surface area (Å²) in [6.07, 6.45) is 6.69. The minimum Gasteiger partial charge on any atom is -0.357 e. The molecule has 0 aromatic rings. The van der Waals surface area contributed by atoms with Gasteiger partial charge in [-0.2, -0.15) is 0 Å². The molecule has 0 aromatic carbocycles. The van der Waals surface area contributed by atoms with Crippen LogP contribution < -0.4 is 10.6 Å². The van der Waals surface area contributed by atoms with Crippen LogP contribution >= 0.6 is 24.0 Å². The Morgan fingerprint density at radius 2 is 1.85 bits per heavy atom. The number of likely N-dealkylation sites (N-methyl/N-ethyl adjacent to an activating group) is 1. The molecular formula is C20H42IN5. The Kier molecular flexibility index (Phi) is 11.4. The van der Waals surface area contributed by atoms with Gasteiger partial charge in [0.05, 0.1) is 0 Å². The Labute approximate surface area is 178 Å². The predicted octanol–water partition coefficient (Wildman–Crippen LogP) is 3.01. The minimum atomic E-state index is 0. The minimum absolute atomic E-state index is 0. The standard InChI is InChI=1S/C20H41N5.HI/c1-5-21-19(23-17-20(8-6-9-20)16-18(2)3)22-10-13-25-12-7-11-24(4)14-15-25;/h18H,5-17H2,1-4H3,(H2,21,22,23);1H. The van der Waals surface area contributed by atoms with Gasteiger partial charge in [-0.3, -0.25) is 4.99 Å². The third kappa shape index (κ3) is 8.30. The fourth-order valence-corrected chi connectivity index (χ4v) is 4.21. The van der Waals surface area contributed by atoms with E-state index in [-0.39, 0.29) is 24.0 Å². The van der Waals surface area contributed by atoms with Gasteiger partial charge in [0.2, 0.25) is 0 Å². The first-order valence-electron chi connectivity index (χ1n) is 10.5. The number of halogens is 1. The van der Waals surface area contributed by atoms with Crippen LogP contribution in [0.15, 0.2) is 4.99 Å². The zero-order valence-electron chi connectivity index (χ0n) is 17.5. The lowest BCUT2D eigenvalue weighted by Crippen LogP contribution is -2.43. The van der Waals surface area contributed by atoms with Gasteiger partial charge in [-0.25, -0.2) is 0 Å². The van der Waals surface area contributed by atoms with Crippen LogP contribution in [0.4, 0.5) is 0 Å². The highest BCUT2D eigenvalue weighted by atomic mass is 127. The Hall–Kier alpha value is -0.0800. The Morgan fingerprint density at radius 3 is 2.46 bits per heavy atom. The largest absolute Gasteiger partial charge is 0.357 e. The summed E-state index contributed by atoms with van der Waals surface area (Å²) in [6, 6.07) is 0. The number of nitrogens with zero attached hydrogens (tertiary/aromatic N) is 3. The maximum atomic E-state index is 4.94. The van der Waals surface area contributed by atoms with Gasteiger partial charge in [-0.05, 0) is 64.1 Å². The van der Waals surface area contributed by atoms with Gasteiger partial charge < -0.3 is 20.4 Å². The first-order chi connectivity index (χ1) is 12.0. The van der Waals surface area contributed by atoms with E-state index < -0.39 is 0 Å². The molecule has 5 nitrogen and oxygen atoms in total. The van der Waals surface area contributed by atoms with Crippen molar-refractivity contribution < 1.29 is 0 Å². The Morgan fingerprint density at radius 1 is 1.08 bits per heavy atom. The van der Waals surface area contributed by atoms with E-state index in [0.717, 1.165) is 38.1 Å². The van der Waals surface area contributed by atoms with Crippen molar-refractivity contribution in [1.29, 1.82) is 0 Å². The highest BCUT2D eigenvalue weighted by Crippen LogP contribution is 2.46. The smallest absolute Gasteiger partial charge is 0.191 e. The third-order valence-electron chi connectivity index (χ3n) is 5.70. The van der Waals surface area contributed by atoms with Crippen molar-refractivity contribution in [1.82, 2.24) is 20.4 Å². The van der Waals surface area contributed by atoms with Gasteiger partial charge in [0.25, 0.3) is 0 Å². The zero-order valence-corrected chi connectivity index (χ0v) is 19.8. The molecule has 26 heavy (non-hydrogen) atoms. The molecule has 0 radical (unpaired) electrons. The average Bonchev–Trinajstić information content (AvgIpc) is 2.74. The molecule has 0 unspecified atom stereocenters. The van der Waals surface area contributed by atoms with Crippen LogP contribution in [0.5, 0.6) is 0 Å². The van der Waals surface area contributed by atoms with E-state index in [2.05, 4.69) is 48.3 Å². The first-order valence-corrected chi connectivity index (χ1v) is 10.5. The van der Waals surface area contributed by atoms with Crippen molar-refractivity contribution >= 4 is 29.9 Å². The number of rotatable bonds is 8. The summed E-state index contributed by atoms with van der Waals surface area (Å²) in [7, 11) is 2.23. The highest BCUT2D eigenvalue weighted by Gasteiger charge is 2.37. The molecule has 6 heteroatoms. The molecule has 2 fully saturated rings. The Bertz CT molecular complexity index is 409. The van der Waals surface area contributed by atoms with Crippen LogP contribution in [0.3, 0.4) is 0 Å². The van der Waals surface area contributed by atoms with Crippen LogP contribution in [0.1, 0.15) is 52.9 Å². The normalized spacial score (nSPS) is 21.7. The fraction of sp³-hybridized carbons (Fsp3) is 0.950. The van der Waals surface area contributed by atoms with E-state index in [1.54, 1.807) is 0 Å². The summed E-state index contributed by atoms with van der Waals surface area (Å²) >= 11 is 0. The van der Waals surface area contributed by atoms with Crippen LogP contribution in [0, 0.1) is 11.3 Å². The molecule has 1 aliphatic carbocycles. The van der Waals surface area contributed by atoms with Gasteiger partial charge >= 0.3 is 0 Å². The quantitative estimate of drug-likeness (QED) is 0.319. The maximum Gasteiger partial charge on any atom is 0.191 e. The van der Waals surface area contributed by atoms with Gasteiger partial charge in [0.15, 0.2) is 5.96 Å². The maximum absolute atomic E-state index is 4.94. The summed E-state index contributed by atoms with van der Waals surface area (Å²) in [5.41, 5.74) is 0.478. The van der Waals surface area contributed by atoms with Crippen LogP contribution in [-0.2, 0) is 0 Å². The molecule has 0 atom stereocenters. The van der Waals surface area contributed by atoms with E-state index in [1.165, 1.54) is 58.3 Å². The number of hydrogen-bond donors (Lipinski definition) is 2. The van der Waals surface area contributed by atoms with E-state index in [4.69, 9.17) is 4.99 Å². The fourth-order valence-electron chi connectivity index (χ4n) is 4.21. The molecule has 1 saturated heterocycles. The molecule has 1 aliphatic heterocycles. The van der Waals surface area contributed by atoms with Crippen molar-refractivity contribution in [2.75, 3.05) is 59.4 Å². The van der Waals surface area contributed by atoms with E-state index in [9.17, 15) is 0 Å². The lowest BCUT2D eigenvalue weighted by molar-refractivity contribution is 0.111. The van der Waals surface area contributed by atoms with Gasteiger partial charge in [-0.15, -0.1) is 24.0 Å². The second kappa shape index (κ2) is 12.4. The Balaban J connectivity index is 0.00000338. The molecule has 0 spiro atoms. The monoisotopic (exact) mass is 479 g/mol. The summed E-state index contributed by atoms with van der Waals surface area (Å²) in [6.45, 7) is 15.6. The molecule has 0 amide bonds. The molecule has 0 aromatic heterocycles. The summed E-state index contributed by atoms with van der Waals surface area (Å²) in [5, 5.41) is 6.98. The summed E-state index contributed by atoms with van der Waals surface area (Å²) < 4.78 is 0. The van der Waals surface area contributed by atoms with Gasteiger partial charge in [-0.1, -0.05) is 20.3 Å². The van der Waals surface area contributed by atoms with E-state index >= 15 is 0 Å². The van der Waals surface area contributed by atoms with Crippen LogP contribution in [0.25, 0.3) is 0 Å². The molecule has 2 N–H and O–H groups in total. The SMILES string of the molecule is CCNC(=NCC1(CC(C)C)CCC1)NCCN1CCCN(C)CC1.I. The second-order valence-corrected chi connectivity index (χ2v) is 8.57. The molecule has 2 rings (SSSR count). The lowest BCUT2D eigenvalue weighted by Gasteiger charge is -2.42. The number of hydrogen-bond acceptors (Lipinski definition) is 3. The summed E-state index contributed by atoms with van der Waals surface area (Å²) in [4.78, 5) is 9.95. The first kappa shape index (κ1) is 24.0. The number of guanidine groups is 1. The predicted molar refractivity (Wildman–Crippen MR) is 124 cm³/mol. The summed E-state index contributed by atoms with van der Waals surface area (Å²) in [5.74, 6) is 1.77. The van der Waals surface area contributed by atoms with Crippen molar-refractivity contribution in [3.05, 3.63) is 0 Å². The highest BCUT2D eigenvalue weighted by molar-refractivity contribution is 14.0. The van der Waals surface area contributed by atoms with Crippen molar-refractivity contribution in [3.63, 3.8) is 0 Å². The molecule has 1 saturated carbocycles. The average molecular weight is 479 g/mol. The lowest BCUT2D eigenvalue weighted by atomic mass is 9.64. The van der Waals surface area contributed by atoms with Crippen molar-refractivity contribution in [2.24, 2.45) is 16.3 Å². The van der Waals surface area contributed by atoms with Gasteiger partial charge in [0, 0.05) is 39.3 Å². The van der Waals surface area contributed by atoms with Crippen molar-refractivity contribution in [3.8, 4) is 0 Å².